The van der Waals surface area contributed by atoms with Gasteiger partial charge in [0.25, 0.3) is 0 Å². The Morgan fingerprint density at radius 1 is 1.33 bits per heavy atom. The third-order valence-corrected chi connectivity index (χ3v) is 4.47. The number of fused-ring (bicyclic) bond motifs is 2. The fraction of sp³-hybridized carbons (Fsp3) is 0.429. The van der Waals surface area contributed by atoms with Crippen LogP contribution < -0.4 is 0 Å². The molecule has 18 heavy (non-hydrogen) atoms. The van der Waals surface area contributed by atoms with Gasteiger partial charge < -0.3 is 10.1 Å². The van der Waals surface area contributed by atoms with Crippen molar-refractivity contribution in [1.29, 1.82) is 0 Å². The van der Waals surface area contributed by atoms with Crippen LogP contribution in [0.3, 0.4) is 0 Å². The molecule has 2 aromatic rings. The fourth-order valence-corrected chi connectivity index (χ4v) is 3.55. The maximum atomic E-state index is 10.9. The van der Waals surface area contributed by atoms with Crippen LogP contribution in [0.4, 0.5) is 0 Å². The zero-order valence-corrected chi connectivity index (χ0v) is 9.89. The van der Waals surface area contributed by atoms with Crippen LogP contribution in [-0.4, -0.2) is 21.0 Å². The van der Waals surface area contributed by atoms with E-state index in [2.05, 4.69) is 9.97 Å². The normalized spacial score (nSPS) is 29.4. The van der Waals surface area contributed by atoms with Crippen molar-refractivity contribution in [3.8, 4) is 0 Å². The Morgan fingerprint density at radius 3 is 2.83 bits per heavy atom. The summed E-state index contributed by atoms with van der Waals surface area (Å²) in [5, 5.41) is 8.97. The van der Waals surface area contributed by atoms with Crippen molar-refractivity contribution < 1.29 is 9.90 Å². The van der Waals surface area contributed by atoms with Crippen LogP contribution in [0.1, 0.15) is 41.4 Å². The van der Waals surface area contributed by atoms with E-state index in [0.29, 0.717) is 11.5 Å². The predicted octanol–water partition coefficient (Wildman–Crippen LogP) is 2.77. The minimum atomic E-state index is -0.892. The first-order valence-corrected chi connectivity index (χ1v) is 6.47. The number of aromatic carboxylic acids is 1. The van der Waals surface area contributed by atoms with Crippen LogP contribution in [-0.2, 0) is 0 Å². The first-order valence-electron chi connectivity index (χ1n) is 6.47. The second-order valence-electron chi connectivity index (χ2n) is 5.44. The highest BCUT2D eigenvalue weighted by Gasteiger charge is 2.54. The largest absolute Gasteiger partial charge is 0.478 e. The summed E-state index contributed by atoms with van der Waals surface area (Å²) in [6.45, 7) is 0. The van der Waals surface area contributed by atoms with E-state index >= 15 is 0 Å². The molecule has 92 valence electrons. The Hall–Kier alpha value is -1.84. The van der Waals surface area contributed by atoms with E-state index in [4.69, 9.17) is 5.11 Å². The molecule has 2 atom stereocenters. The summed E-state index contributed by atoms with van der Waals surface area (Å²) < 4.78 is 0. The van der Waals surface area contributed by atoms with Gasteiger partial charge in [-0.3, -0.25) is 0 Å². The second-order valence-corrected chi connectivity index (χ2v) is 5.44. The highest BCUT2D eigenvalue weighted by molar-refractivity contribution is 5.92. The van der Waals surface area contributed by atoms with Crippen LogP contribution in [0.15, 0.2) is 18.2 Å². The van der Waals surface area contributed by atoms with Crippen LogP contribution >= 0.6 is 0 Å². The molecule has 0 spiro atoms. The number of carbonyl (C=O) groups is 1. The van der Waals surface area contributed by atoms with Gasteiger partial charge in [-0.05, 0) is 42.9 Å². The van der Waals surface area contributed by atoms with Gasteiger partial charge in [-0.15, -0.1) is 0 Å². The summed E-state index contributed by atoms with van der Waals surface area (Å²) in [7, 11) is 0. The van der Waals surface area contributed by atoms with Gasteiger partial charge >= 0.3 is 5.97 Å². The molecule has 0 radical (unpaired) electrons. The third kappa shape index (κ3) is 1.32. The van der Waals surface area contributed by atoms with E-state index in [0.717, 1.165) is 28.7 Å². The van der Waals surface area contributed by atoms with Gasteiger partial charge in [0.05, 0.1) is 16.6 Å². The van der Waals surface area contributed by atoms with Crippen LogP contribution in [0.25, 0.3) is 11.0 Å². The van der Waals surface area contributed by atoms with Gasteiger partial charge in [-0.25, -0.2) is 9.78 Å². The van der Waals surface area contributed by atoms with E-state index in [-0.39, 0.29) is 0 Å². The number of rotatable bonds is 2. The summed E-state index contributed by atoms with van der Waals surface area (Å²) in [6.07, 6.45) is 4.01. The second kappa shape index (κ2) is 3.34. The number of hydrogen-bond donors (Lipinski definition) is 2. The quantitative estimate of drug-likeness (QED) is 0.851. The zero-order valence-electron chi connectivity index (χ0n) is 9.89. The van der Waals surface area contributed by atoms with Crippen LogP contribution in [0, 0.1) is 11.8 Å². The van der Waals surface area contributed by atoms with Crippen molar-refractivity contribution in [2.45, 2.75) is 25.2 Å². The van der Waals surface area contributed by atoms with E-state index in [1.807, 2.05) is 0 Å². The molecular formula is C14H14N2O2. The Labute approximate surface area is 104 Å². The molecule has 1 heterocycles. The predicted molar refractivity (Wildman–Crippen MR) is 66.6 cm³/mol. The molecule has 4 nitrogen and oxygen atoms in total. The summed E-state index contributed by atoms with van der Waals surface area (Å²) >= 11 is 0. The molecule has 2 aliphatic carbocycles. The molecule has 4 rings (SSSR count). The standard InChI is InChI=1S/C14H14N2O2/c17-14(18)7-4-5-10-11(6-7)16-13(15-10)12-8-2-1-3-9(8)12/h4-6,8-9,12H,1-3H2,(H,15,16)(H,17,18). The first-order chi connectivity index (χ1) is 8.74. The lowest BCUT2D eigenvalue weighted by molar-refractivity contribution is 0.0697. The topological polar surface area (TPSA) is 66.0 Å². The Bertz CT molecular complexity index is 636. The van der Waals surface area contributed by atoms with Gasteiger partial charge in [0.2, 0.25) is 0 Å². The lowest BCUT2D eigenvalue weighted by Crippen LogP contribution is -1.94. The van der Waals surface area contributed by atoms with Crippen molar-refractivity contribution >= 4 is 17.0 Å². The Kier molecular flexibility index (Phi) is 1.88. The maximum absolute atomic E-state index is 10.9. The van der Waals surface area contributed by atoms with Gasteiger partial charge in [-0.1, -0.05) is 6.42 Å². The van der Waals surface area contributed by atoms with E-state index < -0.39 is 5.97 Å². The molecule has 0 bridgehead atoms. The number of aromatic nitrogens is 2. The fourth-order valence-electron chi connectivity index (χ4n) is 3.55. The highest BCUT2D eigenvalue weighted by Crippen LogP contribution is 2.62. The van der Waals surface area contributed by atoms with Gasteiger partial charge in [0.1, 0.15) is 5.82 Å². The summed E-state index contributed by atoms with van der Waals surface area (Å²) in [5.41, 5.74) is 2.03. The molecule has 0 amide bonds. The van der Waals surface area contributed by atoms with Crippen LogP contribution in [0.2, 0.25) is 0 Å². The molecule has 2 saturated carbocycles. The van der Waals surface area contributed by atoms with Crippen LogP contribution in [0.5, 0.6) is 0 Å². The van der Waals surface area contributed by atoms with Gasteiger partial charge in [0.15, 0.2) is 0 Å². The van der Waals surface area contributed by atoms with Gasteiger partial charge in [0, 0.05) is 5.92 Å². The summed E-state index contributed by atoms with van der Waals surface area (Å²) in [6, 6.07) is 5.08. The molecule has 1 aromatic carbocycles. The highest BCUT2D eigenvalue weighted by atomic mass is 16.4. The molecule has 0 saturated heterocycles. The minimum Gasteiger partial charge on any atom is -0.478 e. The zero-order chi connectivity index (χ0) is 12.3. The number of H-pyrrole nitrogens is 1. The monoisotopic (exact) mass is 242 g/mol. The number of carboxylic acids is 1. The lowest BCUT2D eigenvalue weighted by Gasteiger charge is -1.97. The first kappa shape index (κ1) is 10.1. The minimum absolute atomic E-state index is 0.314. The number of nitrogens with zero attached hydrogens (tertiary/aromatic N) is 1. The number of aromatic amines is 1. The smallest absolute Gasteiger partial charge is 0.335 e. The number of carboxylic acid groups (broad SMARTS) is 1. The molecule has 2 N–H and O–H groups in total. The van der Waals surface area contributed by atoms with Crippen molar-refractivity contribution in [2.75, 3.05) is 0 Å². The molecular weight excluding hydrogens is 228 g/mol. The Balaban J connectivity index is 1.73. The van der Waals surface area contributed by atoms with Crippen molar-refractivity contribution in [3.05, 3.63) is 29.6 Å². The SMILES string of the molecule is O=C(O)c1ccc2nc(C3C4CCCC43)[nH]c2c1. The van der Waals surface area contributed by atoms with Crippen molar-refractivity contribution in [2.24, 2.45) is 11.8 Å². The van der Waals surface area contributed by atoms with Crippen molar-refractivity contribution in [3.63, 3.8) is 0 Å². The average molecular weight is 242 g/mol. The molecule has 0 aliphatic heterocycles. The number of hydrogen-bond acceptors (Lipinski definition) is 2. The Morgan fingerprint density at radius 2 is 2.11 bits per heavy atom. The van der Waals surface area contributed by atoms with E-state index in [9.17, 15) is 4.79 Å². The lowest BCUT2D eigenvalue weighted by atomic mass is 10.1. The molecule has 1 aromatic heterocycles. The summed E-state index contributed by atoms with van der Waals surface area (Å²) in [4.78, 5) is 18.8. The molecule has 2 fully saturated rings. The number of benzene rings is 1. The molecule has 2 unspecified atom stereocenters. The van der Waals surface area contributed by atoms with Crippen molar-refractivity contribution in [1.82, 2.24) is 9.97 Å². The molecule has 2 aliphatic rings. The number of nitrogens with one attached hydrogen (secondary N) is 1. The van der Waals surface area contributed by atoms with E-state index in [1.165, 1.54) is 19.3 Å². The number of imidazole rings is 1. The van der Waals surface area contributed by atoms with E-state index in [1.54, 1.807) is 18.2 Å². The third-order valence-electron chi connectivity index (χ3n) is 4.47. The van der Waals surface area contributed by atoms with Gasteiger partial charge in [-0.2, -0.15) is 0 Å². The summed E-state index contributed by atoms with van der Waals surface area (Å²) in [5.74, 6) is 2.41. The molecule has 4 heteroatoms. The average Bonchev–Trinajstić information content (AvgIpc) is 2.78. The maximum Gasteiger partial charge on any atom is 0.335 e.